The van der Waals surface area contributed by atoms with Crippen LogP contribution in [0.15, 0.2) is 28.7 Å². The second kappa shape index (κ2) is 7.00. The number of nitrogens with one attached hydrogen (secondary N) is 2. The van der Waals surface area contributed by atoms with Crippen LogP contribution in [0.2, 0.25) is 0 Å². The Morgan fingerprint density at radius 3 is 2.39 bits per heavy atom. The highest BCUT2D eigenvalue weighted by Gasteiger charge is 2.14. The smallest absolute Gasteiger partial charge is 0.276 e. The van der Waals surface area contributed by atoms with Crippen molar-refractivity contribution in [3.63, 3.8) is 0 Å². The van der Waals surface area contributed by atoms with Gasteiger partial charge < -0.3 is 9.15 Å². The molecule has 0 spiro atoms. The summed E-state index contributed by atoms with van der Waals surface area (Å²) in [5.74, 6) is 0.863. The van der Waals surface area contributed by atoms with Gasteiger partial charge in [0.1, 0.15) is 17.3 Å². The summed E-state index contributed by atoms with van der Waals surface area (Å²) >= 11 is 0. The molecule has 0 aliphatic rings. The number of hydrogen-bond donors (Lipinski definition) is 2. The standard InChI is InChI=1S/C17H20N2O4/c1-10-5-6-14(7-11(10)2)22-9-16(20)18-19-17(21)15-8-12(3)23-13(15)4/h5-8H,9H2,1-4H3,(H,18,20)(H,19,21). The minimum absolute atomic E-state index is 0.188. The molecule has 0 atom stereocenters. The third-order valence-electron chi connectivity index (χ3n) is 3.45. The highest BCUT2D eigenvalue weighted by Crippen LogP contribution is 2.16. The van der Waals surface area contributed by atoms with Gasteiger partial charge in [-0.3, -0.25) is 20.4 Å². The molecule has 6 nitrogen and oxygen atoms in total. The number of furan rings is 1. The van der Waals surface area contributed by atoms with Gasteiger partial charge in [0.05, 0.1) is 5.56 Å². The average Bonchev–Trinajstić information content (AvgIpc) is 2.84. The van der Waals surface area contributed by atoms with E-state index >= 15 is 0 Å². The first kappa shape index (κ1) is 16.6. The van der Waals surface area contributed by atoms with Crippen molar-refractivity contribution in [2.24, 2.45) is 0 Å². The zero-order valence-electron chi connectivity index (χ0n) is 13.6. The minimum Gasteiger partial charge on any atom is -0.484 e. The number of carbonyl (C=O) groups excluding carboxylic acids is 2. The number of carbonyl (C=O) groups is 2. The average molecular weight is 316 g/mol. The molecule has 0 saturated heterocycles. The van der Waals surface area contributed by atoms with Crippen LogP contribution < -0.4 is 15.6 Å². The van der Waals surface area contributed by atoms with Crippen LogP contribution in [0.1, 0.15) is 33.0 Å². The van der Waals surface area contributed by atoms with Crippen LogP contribution in [0.4, 0.5) is 0 Å². The van der Waals surface area contributed by atoms with E-state index in [1.165, 1.54) is 0 Å². The van der Waals surface area contributed by atoms with E-state index in [9.17, 15) is 9.59 Å². The lowest BCUT2D eigenvalue weighted by atomic mass is 10.1. The Hall–Kier alpha value is -2.76. The monoisotopic (exact) mass is 316 g/mol. The van der Waals surface area contributed by atoms with Crippen LogP contribution in [0.3, 0.4) is 0 Å². The number of hydrazine groups is 1. The van der Waals surface area contributed by atoms with Gasteiger partial charge in [0.2, 0.25) is 0 Å². The molecule has 0 bridgehead atoms. The number of rotatable bonds is 4. The van der Waals surface area contributed by atoms with E-state index in [1.54, 1.807) is 26.0 Å². The van der Waals surface area contributed by atoms with Gasteiger partial charge in [0, 0.05) is 0 Å². The van der Waals surface area contributed by atoms with E-state index in [1.807, 2.05) is 26.0 Å². The summed E-state index contributed by atoms with van der Waals surface area (Å²) in [6, 6.07) is 7.20. The zero-order valence-corrected chi connectivity index (χ0v) is 13.6. The molecular weight excluding hydrogens is 296 g/mol. The fraction of sp³-hybridized carbons (Fsp3) is 0.294. The Bertz CT molecular complexity index is 734. The highest BCUT2D eigenvalue weighted by atomic mass is 16.5. The van der Waals surface area contributed by atoms with E-state index in [0.29, 0.717) is 22.8 Å². The van der Waals surface area contributed by atoms with E-state index in [2.05, 4.69) is 10.9 Å². The van der Waals surface area contributed by atoms with Gasteiger partial charge in [0.25, 0.3) is 11.8 Å². The maximum atomic E-state index is 11.9. The van der Waals surface area contributed by atoms with Gasteiger partial charge >= 0.3 is 0 Å². The first-order chi connectivity index (χ1) is 10.9. The number of aryl methyl sites for hydroxylation is 4. The lowest BCUT2D eigenvalue weighted by Gasteiger charge is -2.09. The molecule has 0 unspecified atom stereocenters. The van der Waals surface area contributed by atoms with E-state index in [4.69, 9.17) is 9.15 Å². The zero-order chi connectivity index (χ0) is 17.0. The molecule has 0 aliphatic carbocycles. The van der Waals surface area contributed by atoms with Gasteiger partial charge in [0.15, 0.2) is 6.61 Å². The molecule has 1 heterocycles. The number of benzene rings is 1. The summed E-state index contributed by atoms with van der Waals surface area (Å²) in [4.78, 5) is 23.6. The fourth-order valence-corrected chi connectivity index (χ4v) is 2.04. The molecule has 1 aromatic heterocycles. The minimum atomic E-state index is -0.450. The summed E-state index contributed by atoms with van der Waals surface area (Å²) in [7, 11) is 0. The molecule has 0 aliphatic heterocycles. The third-order valence-corrected chi connectivity index (χ3v) is 3.45. The van der Waals surface area contributed by atoms with E-state index < -0.39 is 11.8 Å². The summed E-state index contributed by atoms with van der Waals surface area (Å²) < 4.78 is 10.7. The Morgan fingerprint density at radius 2 is 1.78 bits per heavy atom. The van der Waals surface area contributed by atoms with E-state index in [0.717, 1.165) is 11.1 Å². The fourth-order valence-electron chi connectivity index (χ4n) is 2.04. The van der Waals surface area contributed by atoms with Gasteiger partial charge in [-0.15, -0.1) is 0 Å². The van der Waals surface area contributed by atoms with Crippen molar-refractivity contribution in [1.82, 2.24) is 10.9 Å². The van der Waals surface area contributed by atoms with Gasteiger partial charge in [-0.2, -0.15) is 0 Å². The molecule has 2 aromatic rings. The predicted octanol–water partition coefficient (Wildman–Crippen LogP) is 2.35. The van der Waals surface area contributed by atoms with Crippen molar-refractivity contribution in [3.8, 4) is 5.75 Å². The van der Waals surface area contributed by atoms with Crippen LogP contribution in [0.25, 0.3) is 0 Å². The lowest BCUT2D eigenvalue weighted by Crippen LogP contribution is -2.43. The summed E-state index contributed by atoms with van der Waals surface area (Å²) in [5.41, 5.74) is 7.26. The number of ether oxygens (including phenoxy) is 1. The molecule has 2 rings (SSSR count). The maximum Gasteiger partial charge on any atom is 0.276 e. The molecule has 2 amide bonds. The topological polar surface area (TPSA) is 80.6 Å². The molecule has 1 aromatic carbocycles. The second-order valence-corrected chi connectivity index (χ2v) is 5.36. The van der Waals surface area contributed by atoms with Gasteiger partial charge in [-0.25, -0.2) is 0 Å². The first-order valence-corrected chi connectivity index (χ1v) is 7.23. The van der Waals surface area contributed by atoms with Gasteiger partial charge in [-0.05, 0) is 57.0 Å². The Morgan fingerprint density at radius 1 is 1.04 bits per heavy atom. The predicted molar refractivity (Wildman–Crippen MR) is 85.2 cm³/mol. The SMILES string of the molecule is Cc1cc(C(=O)NNC(=O)COc2ccc(C)c(C)c2)c(C)o1. The molecule has 0 fully saturated rings. The van der Waals surface area contributed by atoms with Crippen LogP contribution in [0.5, 0.6) is 5.75 Å². The molecule has 23 heavy (non-hydrogen) atoms. The normalized spacial score (nSPS) is 10.3. The quantitative estimate of drug-likeness (QED) is 0.849. The molecule has 2 N–H and O–H groups in total. The molecule has 6 heteroatoms. The lowest BCUT2D eigenvalue weighted by molar-refractivity contribution is -0.123. The van der Waals surface area contributed by atoms with Crippen molar-refractivity contribution < 1.29 is 18.7 Å². The van der Waals surface area contributed by atoms with Crippen molar-refractivity contribution in [2.45, 2.75) is 27.7 Å². The largest absolute Gasteiger partial charge is 0.484 e. The van der Waals surface area contributed by atoms with Crippen LogP contribution in [-0.4, -0.2) is 18.4 Å². The Balaban J connectivity index is 1.82. The summed E-state index contributed by atoms with van der Waals surface area (Å²) in [5, 5.41) is 0. The highest BCUT2D eigenvalue weighted by molar-refractivity contribution is 5.96. The summed E-state index contributed by atoms with van der Waals surface area (Å²) in [6.45, 7) is 7.22. The Kier molecular flexibility index (Phi) is 5.05. The molecular formula is C17H20N2O4. The maximum absolute atomic E-state index is 11.9. The molecule has 122 valence electrons. The second-order valence-electron chi connectivity index (χ2n) is 5.36. The van der Waals surface area contributed by atoms with Crippen molar-refractivity contribution in [1.29, 1.82) is 0 Å². The number of hydrogen-bond acceptors (Lipinski definition) is 4. The third kappa shape index (κ3) is 4.35. The van der Waals surface area contributed by atoms with Gasteiger partial charge in [-0.1, -0.05) is 6.07 Å². The van der Waals surface area contributed by atoms with E-state index in [-0.39, 0.29) is 6.61 Å². The summed E-state index contributed by atoms with van der Waals surface area (Å²) in [6.07, 6.45) is 0. The van der Waals surface area contributed by atoms with Crippen molar-refractivity contribution >= 4 is 11.8 Å². The Labute approximate surface area is 134 Å². The van der Waals surface area contributed by atoms with Crippen LogP contribution in [0, 0.1) is 27.7 Å². The first-order valence-electron chi connectivity index (χ1n) is 7.23. The number of amides is 2. The van der Waals surface area contributed by atoms with Crippen molar-refractivity contribution in [2.75, 3.05) is 6.61 Å². The van der Waals surface area contributed by atoms with Crippen molar-refractivity contribution in [3.05, 3.63) is 52.5 Å². The molecule has 0 saturated carbocycles. The van der Waals surface area contributed by atoms with Crippen LogP contribution in [-0.2, 0) is 4.79 Å². The molecule has 0 radical (unpaired) electrons. The van der Waals surface area contributed by atoms with Crippen LogP contribution >= 0.6 is 0 Å².